The molecule has 2 N–H and O–H groups in total. The minimum Gasteiger partial charge on any atom is -0.324 e. The zero-order chi connectivity index (χ0) is 11.1. The van der Waals surface area contributed by atoms with Crippen LogP contribution in [0.1, 0.15) is 32.3 Å². The van der Waals surface area contributed by atoms with Gasteiger partial charge in [0.2, 0.25) is 0 Å². The second-order valence-corrected chi connectivity index (χ2v) is 4.52. The summed E-state index contributed by atoms with van der Waals surface area (Å²) < 4.78 is 1.77. The Balaban J connectivity index is 2.70. The molecule has 0 bridgehead atoms. The van der Waals surface area contributed by atoms with Crippen molar-refractivity contribution in [3.8, 4) is 0 Å². The number of hydrogen-bond acceptors (Lipinski definition) is 4. The van der Waals surface area contributed by atoms with Crippen molar-refractivity contribution in [1.82, 2.24) is 19.6 Å². The van der Waals surface area contributed by atoms with Crippen LogP contribution in [-0.4, -0.2) is 19.6 Å². The van der Waals surface area contributed by atoms with Crippen molar-refractivity contribution >= 4 is 5.78 Å². The maximum Gasteiger partial charge on any atom is 0.252 e. The van der Waals surface area contributed by atoms with Crippen molar-refractivity contribution < 1.29 is 0 Å². The van der Waals surface area contributed by atoms with Crippen LogP contribution in [0.4, 0.5) is 0 Å². The first kappa shape index (κ1) is 10.0. The van der Waals surface area contributed by atoms with Crippen LogP contribution in [0, 0.1) is 0 Å². The van der Waals surface area contributed by atoms with E-state index in [0.29, 0.717) is 18.1 Å². The quantitative estimate of drug-likeness (QED) is 0.750. The SMILES string of the molecule is CC(C)(C)c1ccnc2nc(CN)nn12. The third-order valence-electron chi connectivity index (χ3n) is 2.24. The molecule has 2 rings (SSSR count). The summed E-state index contributed by atoms with van der Waals surface area (Å²) in [5.41, 5.74) is 6.60. The van der Waals surface area contributed by atoms with Crippen LogP contribution in [0.2, 0.25) is 0 Å². The summed E-state index contributed by atoms with van der Waals surface area (Å²) in [5, 5.41) is 4.32. The first-order chi connectivity index (χ1) is 7.02. The highest BCUT2D eigenvalue weighted by atomic mass is 15.3. The molecule has 0 aliphatic rings. The molecule has 0 fully saturated rings. The lowest BCUT2D eigenvalue weighted by Crippen LogP contribution is -2.17. The topological polar surface area (TPSA) is 69.1 Å². The van der Waals surface area contributed by atoms with Gasteiger partial charge >= 0.3 is 0 Å². The Morgan fingerprint density at radius 2 is 2.13 bits per heavy atom. The molecule has 0 spiro atoms. The maximum absolute atomic E-state index is 5.51. The summed E-state index contributed by atoms with van der Waals surface area (Å²) in [6.07, 6.45) is 1.75. The van der Waals surface area contributed by atoms with Crippen LogP contribution in [0.15, 0.2) is 12.3 Å². The predicted molar refractivity (Wildman–Crippen MR) is 57.4 cm³/mol. The first-order valence-electron chi connectivity index (χ1n) is 4.93. The van der Waals surface area contributed by atoms with Gasteiger partial charge in [0.15, 0.2) is 5.82 Å². The van der Waals surface area contributed by atoms with Crippen LogP contribution in [0.25, 0.3) is 5.78 Å². The van der Waals surface area contributed by atoms with E-state index in [0.717, 1.165) is 5.69 Å². The van der Waals surface area contributed by atoms with E-state index < -0.39 is 0 Å². The molecule has 0 aliphatic carbocycles. The summed E-state index contributed by atoms with van der Waals surface area (Å²) in [5.74, 6) is 1.24. The fourth-order valence-electron chi connectivity index (χ4n) is 1.49. The van der Waals surface area contributed by atoms with Gasteiger partial charge in [-0.15, -0.1) is 5.10 Å². The summed E-state index contributed by atoms with van der Waals surface area (Å²) in [6.45, 7) is 6.73. The number of rotatable bonds is 1. The molecule has 0 atom stereocenters. The van der Waals surface area contributed by atoms with Crippen molar-refractivity contribution in [3.05, 3.63) is 23.8 Å². The largest absolute Gasteiger partial charge is 0.324 e. The van der Waals surface area contributed by atoms with Crippen molar-refractivity contribution in [2.45, 2.75) is 32.7 Å². The van der Waals surface area contributed by atoms with E-state index >= 15 is 0 Å². The predicted octanol–water partition coefficient (Wildman–Crippen LogP) is 0.881. The molecular formula is C10H15N5. The number of hydrogen-bond donors (Lipinski definition) is 1. The fourth-order valence-corrected chi connectivity index (χ4v) is 1.49. The lowest BCUT2D eigenvalue weighted by molar-refractivity contribution is 0.545. The Labute approximate surface area is 88.3 Å². The molecule has 5 heteroatoms. The lowest BCUT2D eigenvalue weighted by Gasteiger charge is -2.18. The molecule has 15 heavy (non-hydrogen) atoms. The van der Waals surface area contributed by atoms with Crippen molar-refractivity contribution in [2.24, 2.45) is 5.73 Å². The second kappa shape index (κ2) is 3.27. The van der Waals surface area contributed by atoms with Crippen molar-refractivity contribution in [1.29, 1.82) is 0 Å². The molecule has 2 aromatic rings. The maximum atomic E-state index is 5.51. The van der Waals surface area contributed by atoms with E-state index in [1.54, 1.807) is 10.7 Å². The Morgan fingerprint density at radius 1 is 1.40 bits per heavy atom. The monoisotopic (exact) mass is 205 g/mol. The molecule has 0 amide bonds. The molecule has 0 saturated carbocycles. The van der Waals surface area contributed by atoms with Crippen LogP contribution in [-0.2, 0) is 12.0 Å². The van der Waals surface area contributed by atoms with Gasteiger partial charge < -0.3 is 5.73 Å². The third kappa shape index (κ3) is 1.70. The van der Waals surface area contributed by atoms with Crippen LogP contribution >= 0.6 is 0 Å². The average Bonchev–Trinajstić information content (AvgIpc) is 2.57. The highest BCUT2D eigenvalue weighted by Gasteiger charge is 2.19. The molecule has 0 unspecified atom stereocenters. The summed E-state index contributed by atoms with van der Waals surface area (Å²) >= 11 is 0. The molecule has 0 saturated heterocycles. The number of nitrogens with zero attached hydrogens (tertiary/aromatic N) is 4. The zero-order valence-corrected chi connectivity index (χ0v) is 9.23. The van der Waals surface area contributed by atoms with Gasteiger partial charge in [-0.3, -0.25) is 0 Å². The van der Waals surface area contributed by atoms with E-state index in [1.807, 2.05) is 6.07 Å². The highest BCUT2D eigenvalue weighted by molar-refractivity contribution is 5.31. The van der Waals surface area contributed by atoms with E-state index in [2.05, 4.69) is 35.8 Å². The van der Waals surface area contributed by atoms with Gasteiger partial charge in [-0.2, -0.15) is 4.98 Å². The Kier molecular flexibility index (Phi) is 2.19. The van der Waals surface area contributed by atoms with Gasteiger partial charge in [-0.1, -0.05) is 20.8 Å². The van der Waals surface area contributed by atoms with E-state index in [-0.39, 0.29) is 5.41 Å². The van der Waals surface area contributed by atoms with Gasteiger partial charge in [0, 0.05) is 11.6 Å². The van der Waals surface area contributed by atoms with E-state index in [1.165, 1.54) is 0 Å². The average molecular weight is 205 g/mol. The van der Waals surface area contributed by atoms with Gasteiger partial charge in [0.25, 0.3) is 5.78 Å². The normalized spacial score (nSPS) is 12.3. The first-order valence-corrected chi connectivity index (χ1v) is 4.93. The molecule has 2 aromatic heterocycles. The summed E-state index contributed by atoms with van der Waals surface area (Å²) in [4.78, 5) is 8.38. The molecule has 0 aliphatic heterocycles. The van der Waals surface area contributed by atoms with Crippen molar-refractivity contribution in [2.75, 3.05) is 0 Å². The second-order valence-electron chi connectivity index (χ2n) is 4.52. The number of nitrogens with two attached hydrogens (primary N) is 1. The highest BCUT2D eigenvalue weighted by Crippen LogP contribution is 2.21. The number of aromatic nitrogens is 4. The van der Waals surface area contributed by atoms with Gasteiger partial charge in [-0.05, 0) is 6.07 Å². The Morgan fingerprint density at radius 3 is 2.73 bits per heavy atom. The minimum atomic E-state index is 0.0146. The molecule has 80 valence electrons. The molecular weight excluding hydrogens is 190 g/mol. The molecule has 5 nitrogen and oxygen atoms in total. The van der Waals surface area contributed by atoms with Gasteiger partial charge in [0.05, 0.1) is 12.2 Å². The zero-order valence-electron chi connectivity index (χ0n) is 9.23. The fraction of sp³-hybridized carbons (Fsp3) is 0.500. The molecule has 2 heterocycles. The summed E-state index contributed by atoms with van der Waals surface area (Å²) in [6, 6.07) is 1.96. The minimum absolute atomic E-state index is 0.0146. The Hall–Kier alpha value is -1.49. The van der Waals surface area contributed by atoms with Crippen LogP contribution in [0.5, 0.6) is 0 Å². The van der Waals surface area contributed by atoms with Crippen LogP contribution < -0.4 is 5.73 Å². The van der Waals surface area contributed by atoms with Crippen LogP contribution in [0.3, 0.4) is 0 Å². The van der Waals surface area contributed by atoms with Gasteiger partial charge in [0.1, 0.15) is 0 Å². The third-order valence-corrected chi connectivity index (χ3v) is 2.24. The van der Waals surface area contributed by atoms with Crippen molar-refractivity contribution in [3.63, 3.8) is 0 Å². The lowest BCUT2D eigenvalue weighted by atomic mass is 9.92. The molecule has 0 radical (unpaired) electrons. The van der Waals surface area contributed by atoms with E-state index in [4.69, 9.17) is 5.73 Å². The Bertz CT molecular complexity index is 480. The smallest absolute Gasteiger partial charge is 0.252 e. The summed E-state index contributed by atoms with van der Waals surface area (Å²) in [7, 11) is 0. The van der Waals surface area contributed by atoms with E-state index in [9.17, 15) is 0 Å². The standard InChI is InChI=1S/C10H15N5/c1-10(2,3)7-4-5-12-9-13-8(6-11)14-15(7)9/h4-5H,6,11H2,1-3H3. The van der Waals surface area contributed by atoms with Gasteiger partial charge in [-0.25, -0.2) is 9.50 Å². The molecule has 0 aromatic carbocycles. The number of fused-ring (bicyclic) bond motifs is 1.